The summed E-state index contributed by atoms with van der Waals surface area (Å²) < 4.78 is 0. The molecule has 2 atom stereocenters. The maximum Gasteiger partial charge on any atom is 0.0202 e. The van der Waals surface area contributed by atoms with E-state index < -0.39 is 0 Å². The first-order valence-electron chi connectivity index (χ1n) is 4.58. The average Bonchev–Trinajstić information content (AvgIpc) is 1.98. The topological polar surface area (TPSA) is 0 Å². The molecular weight excluding hydrogens is 132 g/mol. The summed E-state index contributed by atoms with van der Waals surface area (Å²) in [5.41, 5.74) is 0. The fraction of sp³-hybridized carbons (Fsp3) is 0.818. The van der Waals surface area contributed by atoms with Crippen molar-refractivity contribution in [2.24, 2.45) is 17.8 Å². The van der Waals surface area contributed by atoms with E-state index in [2.05, 4.69) is 46.5 Å². The zero-order valence-corrected chi connectivity index (χ0v) is 8.44. The van der Waals surface area contributed by atoms with E-state index in [1.165, 1.54) is 0 Å². The number of hydrogen-bond acceptors (Lipinski definition) is 0. The van der Waals surface area contributed by atoms with Gasteiger partial charge >= 0.3 is 0 Å². The Kier molecular flexibility index (Phi) is 5.03. The highest BCUT2D eigenvalue weighted by Gasteiger charge is 2.12. The first kappa shape index (κ1) is 10.6. The van der Waals surface area contributed by atoms with Crippen molar-refractivity contribution in [3.63, 3.8) is 0 Å². The van der Waals surface area contributed by atoms with Gasteiger partial charge in [0.25, 0.3) is 0 Å². The van der Waals surface area contributed by atoms with Crippen molar-refractivity contribution in [2.75, 3.05) is 0 Å². The minimum absolute atomic E-state index is 0.551. The van der Waals surface area contributed by atoms with Gasteiger partial charge in [0.15, 0.2) is 0 Å². The van der Waals surface area contributed by atoms with E-state index in [-0.39, 0.29) is 0 Å². The molecule has 0 radical (unpaired) electrons. The lowest BCUT2D eigenvalue weighted by Crippen LogP contribution is -2.12. The lowest BCUT2D eigenvalue weighted by atomic mass is 9.86. The molecule has 0 N–H and O–H groups in total. The van der Waals surface area contributed by atoms with Crippen molar-refractivity contribution >= 4 is 0 Å². The quantitative estimate of drug-likeness (QED) is 0.532. The van der Waals surface area contributed by atoms with Crippen molar-refractivity contribution in [1.29, 1.82) is 0 Å². The Morgan fingerprint density at radius 1 is 1.09 bits per heavy atom. The molecule has 0 aliphatic carbocycles. The van der Waals surface area contributed by atoms with Crippen LogP contribution in [0.2, 0.25) is 0 Å². The molecule has 0 spiro atoms. The molecule has 0 saturated carbocycles. The summed E-state index contributed by atoms with van der Waals surface area (Å²) in [7, 11) is 0. The predicted molar refractivity (Wildman–Crippen MR) is 51.2 cm³/mol. The molecule has 0 aromatic heterocycles. The summed E-state index contributed by atoms with van der Waals surface area (Å²) in [6, 6.07) is 0. The summed E-state index contributed by atoms with van der Waals surface area (Å²) in [5.74, 6) is 8.41. The first-order chi connectivity index (χ1) is 5.09. The Labute approximate surface area is 71.4 Å². The second-order valence-corrected chi connectivity index (χ2v) is 3.57. The Bertz CT molecular complexity index is 145. The molecule has 64 valence electrons. The molecule has 2 unspecified atom stereocenters. The van der Waals surface area contributed by atoms with Crippen LogP contribution in [0.25, 0.3) is 0 Å². The van der Waals surface area contributed by atoms with Crippen LogP contribution in [0.15, 0.2) is 0 Å². The molecule has 0 heterocycles. The fourth-order valence-corrected chi connectivity index (χ4v) is 0.972. The van der Waals surface area contributed by atoms with Crippen LogP contribution in [0.5, 0.6) is 0 Å². The van der Waals surface area contributed by atoms with Gasteiger partial charge in [-0.2, -0.15) is 0 Å². The summed E-state index contributed by atoms with van der Waals surface area (Å²) in [6.07, 6.45) is 0.981. The molecule has 0 nitrogen and oxygen atoms in total. The summed E-state index contributed by atoms with van der Waals surface area (Å²) >= 11 is 0. The second kappa shape index (κ2) is 5.24. The Morgan fingerprint density at radius 2 is 1.64 bits per heavy atom. The minimum Gasteiger partial charge on any atom is -0.103 e. The van der Waals surface area contributed by atoms with Crippen molar-refractivity contribution in [2.45, 2.75) is 41.0 Å². The van der Waals surface area contributed by atoms with E-state index in [9.17, 15) is 0 Å². The second-order valence-electron chi connectivity index (χ2n) is 3.57. The molecular formula is C11H20. The zero-order chi connectivity index (χ0) is 8.85. The van der Waals surface area contributed by atoms with Crippen LogP contribution in [0, 0.1) is 29.6 Å². The minimum atomic E-state index is 0.551. The Balaban J connectivity index is 3.92. The molecule has 0 aromatic carbocycles. The molecule has 0 aliphatic rings. The van der Waals surface area contributed by atoms with Gasteiger partial charge in [-0.15, -0.1) is 5.92 Å². The largest absolute Gasteiger partial charge is 0.103 e. The molecule has 11 heavy (non-hydrogen) atoms. The number of rotatable bonds is 2. The molecule has 0 heteroatoms. The number of hydrogen-bond donors (Lipinski definition) is 0. The van der Waals surface area contributed by atoms with Gasteiger partial charge in [0, 0.05) is 12.3 Å². The van der Waals surface area contributed by atoms with E-state index in [1.807, 2.05) is 0 Å². The Morgan fingerprint density at radius 3 is 2.00 bits per heavy atom. The third kappa shape index (κ3) is 4.09. The Hall–Kier alpha value is -0.440. The van der Waals surface area contributed by atoms with E-state index in [1.54, 1.807) is 0 Å². The normalized spacial score (nSPS) is 15.5. The molecule has 0 bridgehead atoms. The van der Waals surface area contributed by atoms with Crippen molar-refractivity contribution in [3.05, 3.63) is 0 Å². The van der Waals surface area contributed by atoms with Gasteiger partial charge in [0.1, 0.15) is 0 Å². The van der Waals surface area contributed by atoms with Gasteiger partial charge < -0.3 is 0 Å². The summed E-state index contributed by atoms with van der Waals surface area (Å²) in [5, 5.41) is 0. The van der Waals surface area contributed by atoms with Crippen molar-refractivity contribution in [1.82, 2.24) is 0 Å². The van der Waals surface area contributed by atoms with Crippen molar-refractivity contribution < 1.29 is 0 Å². The van der Waals surface area contributed by atoms with Gasteiger partial charge in [0.05, 0.1) is 0 Å². The molecule has 0 aromatic rings. The maximum absolute atomic E-state index is 3.26. The fourth-order valence-electron chi connectivity index (χ4n) is 0.972. The van der Waals surface area contributed by atoms with Crippen LogP contribution >= 0.6 is 0 Å². The van der Waals surface area contributed by atoms with Gasteiger partial charge in [-0.1, -0.05) is 40.5 Å². The van der Waals surface area contributed by atoms with Crippen LogP contribution in [0.3, 0.4) is 0 Å². The van der Waals surface area contributed by atoms with Crippen LogP contribution in [-0.4, -0.2) is 0 Å². The van der Waals surface area contributed by atoms with Gasteiger partial charge in [0.2, 0.25) is 0 Å². The highest BCUT2D eigenvalue weighted by molar-refractivity contribution is 5.03. The molecule has 0 saturated heterocycles. The SMILES string of the molecule is CCC#CC(C)C(C)C(C)C. The lowest BCUT2D eigenvalue weighted by Gasteiger charge is -2.18. The molecule has 0 rings (SSSR count). The third-order valence-electron chi connectivity index (χ3n) is 2.35. The highest BCUT2D eigenvalue weighted by Crippen LogP contribution is 2.18. The smallest absolute Gasteiger partial charge is 0.0202 e. The van der Waals surface area contributed by atoms with Crippen molar-refractivity contribution in [3.8, 4) is 11.8 Å². The first-order valence-corrected chi connectivity index (χ1v) is 4.58. The van der Waals surface area contributed by atoms with Gasteiger partial charge in [-0.05, 0) is 11.8 Å². The van der Waals surface area contributed by atoms with E-state index >= 15 is 0 Å². The third-order valence-corrected chi connectivity index (χ3v) is 2.35. The van der Waals surface area contributed by atoms with Crippen LogP contribution in [0.1, 0.15) is 41.0 Å². The average molecular weight is 152 g/mol. The standard InChI is InChI=1S/C11H20/c1-6-7-8-10(4)11(5)9(2)3/h9-11H,6H2,1-5H3. The van der Waals surface area contributed by atoms with Gasteiger partial charge in [-0.25, -0.2) is 0 Å². The van der Waals surface area contributed by atoms with Gasteiger partial charge in [-0.3, -0.25) is 0 Å². The van der Waals surface area contributed by atoms with E-state index in [4.69, 9.17) is 0 Å². The molecule has 0 aliphatic heterocycles. The predicted octanol–water partition coefficient (Wildman–Crippen LogP) is 3.33. The van der Waals surface area contributed by atoms with E-state index in [0.29, 0.717) is 11.8 Å². The molecule has 0 fully saturated rings. The van der Waals surface area contributed by atoms with Crippen LogP contribution in [0.4, 0.5) is 0 Å². The highest BCUT2D eigenvalue weighted by atomic mass is 14.2. The monoisotopic (exact) mass is 152 g/mol. The van der Waals surface area contributed by atoms with Crippen LogP contribution < -0.4 is 0 Å². The van der Waals surface area contributed by atoms with E-state index in [0.717, 1.165) is 12.3 Å². The zero-order valence-electron chi connectivity index (χ0n) is 8.44. The lowest BCUT2D eigenvalue weighted by molar-refractivity contribution is 0.351. The van der Waals surface area contributed by atoms with Crippen LogP contribution in [-0.2, 0) is 0 Å². The maximum atomic E-state index is 3.26. The summed E-state index contributed by atoms with van der Waals surface area (Å²) in [4.78, 5) is 0. The molecule has 0 amide bonds. The summed E-state index contributed by atoms with van der Waals surface area (Å²) in [6.45, 7) is 11.1.